The molecule has 0 aliphatic carbocycles. The Labute approximate surface area is 210 Å². The van der Waals surface area contributed by atoms with Gasteiger partial charge in [-0.3, -0.25) is 19.6 Å². The molecule has 0 amide bonds. The average molecular weight is 505 g/mol. The lowest BCUT2D eigenvalue weighted by Crippen LogP contribution is -2.18. The first-order valence-corrected chi connectivity index (χ1v) is 13.0. The van der Waals surface area contributed by atoms with Gasteiger partial charge in [-0.1, -0.05) is 17.7 Å². The molecule has 4 aromatic rings. The highest BCUT2D eigenvalue weighted by atomic mass is 32.2. The number of hydrogen-bond acceptors (Lipinski definition) is 5. The highest BCUT2D eigenvalue weighted by Gasteiger charge is 2.15. The van der Waals surface area contributed by atoms with Crippen LogP contribution < -0.4 is 15.0 Å². The second kappa shape index (κ2) is 10.2. The van der Waals surface area contributed by atoms with Gasteiger partial charge in [0.2, 0.25) is 0 Å². The summed E-state index contributed by atoms with van der Waals surface area (Å²) in [7, 11) is -3.77. The molecule has 0 aliphatic heterocycles. The van der Waals surface area contributed by atoms with Crippen molar-refractivity contribution in [3.8, 4) is 11.4 Å². The zero-order valence-electron chi connectivity index (χ0n) is 20.6. The second-order valence-electron chi connectivity index (χ2n) is 8.40. The summed E-state index contributed by atoms with van der Waals surface area (Å²) in [5.74, 6) is 0.668. The maximum absolute atomic E-state index is 13.0. The van der Waals surface area contributed by atoms with E-state index in [1.807, 2.05) is 45.9 Å². The largest absolute Gasteiger partial charge is 0.494 e. The molecule has 3 aromatic carbocycles. The molecule has 2 N–H and O–H groups in total. The van der Waals surface area contributed by atoms with Crippen LogP contribution in [0, 0.1) is 20.8 Å². The molecular weight excluding hydrogens is 476 g/mol. The number of benzene rings is 3. The number of aryl methyl sites for hydroxylation is 3. The van der Waals surface area contributed by atoms with Gasteiger partial charge in [0.05, 0.1) is 28.4 Å². The number of ether oxygens (including phenoxy) is 1. The molecule has 0 unspecified atom stereocenters. The zero-order chi connectivity index (χ0) is 25.9. The fourth-order valence-electron chi connectivity index (χ4n) is 3.79. The van der Waals surface area contributed by atoms with Crippen molar-refractivity contribution in [3.05, 3.63) is 99.5 Å². The number of H-pyrrole nitrogens is 1. The van der Waals surface area contributed by atoms with E-state index in [0.29, 0.717) is 35.0 Å². The Hall–Kier alpha value is -4.11. The van der Waals surface area contributed by atoms with Crippen molar-refractivity contribution in [3.63, 3.8) is 0 Å². The van der Waals surface area contributed by atoms with Crippen molar-refractivity contribution in [1.29, 1.82) is 0 Å². The van der Waals surface area contributed by atoms with Gasteiger partial charge in [0, 0.05) is 17.6 Å². The summed E-state index contributed by atoms with van der Waals surface area (Å²) in [4.78, 5) is 17.5. The van der Waals surface area contributed by atoms with E-state index in [4.69, 9.17) is 4.74 Å². The molecule has 1 aromatic heterocycles. The summed E-state index contributed by atoms with van der Waals surface area (Å²) in [5, 5.41) is 3.11. The second-order valence-corrected chi connectivity index (χ2v) is 10.1. The molecule has 4 rings (SSSR count). The van der Waals surface area contributed by atoms with Crippen molar-refractivity contribution < 1.29 is 13.2 Å². The van der Waals surface area contributed by atoms with Gasteiger partial charge < -0.3 is 4.74 Å². The number of sulfonamides is 1. The zero-order valence-corrected chi connectivity index (χ0v) is 21.4. The predicted octanol–water partition coefficient (Wildman–Crippen LogP) is 5.04. The first-order valence-electron chi connectivity index (χ1n) is 11.5. The third-order valence-electron chi connectivity index (χ3n) is 5.62. The Bertz CT molecular complexity index is 1570. The minimum atomic E-state index is -3.77. The Morgan fingerprint density at radius 1 is 1.00 bits per heavy atom. The number of aromatic nitrogens is 2. The van der Waals surface area contributed by atoms with E-state index in [9.17, 15) is 13.2 Å². The molecule has 0 saturated carbocycles. The lowest BCUT2D eigenvalue weighted by molar-refractivity contribution is 0.340. The van der Waals surface area contributed by atoms with Gasteiger partial charge in [0.15, 0.2) is 0 Å². The van der Waals surface area contributed by atoms with Gasteiger partial charge in [-0.25, -0.2) is 13.1 Å². The molecule has 0 fully saturated rings. The van der Waals surface area contributed by atoms with Crippen LogP contribution in [0.4, 0.5) is 11.4 Å². The molecule has 0 radical (unpaired) electrons. The number of aromatic amines is 1. The van der Waals surface area contributed by atoms with Gasteiger partial charge in [-0.05, 0) is 87.9 Å². The highest BCUT2D eigenvalue weighted by molar-refractivity contribution is 7.92. The normalized spacial score (nSPS) is 11.7. The van der Waals surface area contributed by atoms with E-state index in [0.717, 1.165) is 16.8 Å². The Morgan fingerprint density at radius 3 is 2.33 bits per heavy atom. The van der Waals surface area contributed by atoms with E-state index in [1.165, 1.54) is 23.0 Å². The molecule has 9 heteroatoms. The fourth-order valence-corrected chi connectivity index (χ4v) is 4.85. The number of hydrogen-bond donors (Lipinski definition) is 2. The smallest absolute Gasteiger partial charge is 0.280 e. The van der Waals surface area contributed by atoms with E-state index in [-0.39, 0.29) is 10.5 Å². The summed E-state index contributed by atoms with van der Waals surface area (Å²) in [6, 6.07) is 18.7. The van der Waals surface area contributed by atoms with Gasteiger partial charge in [-0.15, -0.1) is 0 Å². The molecule has 0 aliphatic rings. The van der Waals surface area contributed by atoms with Crippen LogP contribution >= 0.6 is 0 Å². The summed E-state index contributed by atoms with van der Waals surface area (Å²) in [6.45, 7) is 8.19. The molecule has 1 heterocycles. The van der Waals surface area contributed by atoms with Crippen LogP contribution in [-0.4, -0.2) is 31.0 Å². The number of rotatable bonds is 8. The summed E-state index contributed by atoms with van der Waals surface area (Å²) in [6.07, 6.45) is 1.50. The van der Waals surface area contributed by atoms with Crippen LogP contribution in [0.25, 0.3) is 5.69 Å². The summed E-state index contributed by atoms with van der Waals surface area (Å²) >= 11 is 0. The molecule has 0 saturated heterocycles. The number of aliphatic imine (C=N–C) groups is 1. The summed E-state index contributed by atoms with van der Waals surface area (Å²) in [5.41, 5.74) is 4.75. The Kier molecular flexibility index (Phi) is 7.12. The maximum Gasteiger partial charge on any atom is 0.280 e. The van der Waals surface area contributed by atoms with Crippen LogP contribution in [0.1, 0.15) is 29.3 Å². The standard InChI is InChI=1S/C27H28N4O4S/c1-5-35-23-11-7-22(8-12-23)30-36(33,34)24-13-9-21(10-14-24)28-17-25-20(4)29-31(27(25)32)26-15-6-18(2)16-19(26)3/h6-17,29-30H,5H2,1-4H3. The Balaban J connectivity index is 1.51. The monoisotopic (exact) mass is 504 g/mol. The van der Waals surface area contributed by atoms with Gasteiger partial charge >= 0.3 is 0 Å². The molecule has 186 valence electrons. The topological polar surface area (TPSA) is 106 Å². The molecule has 0 bridgehead atoms. The first kappa shape index (κ1) is 25.0. The van der Waals surface area contributed by atoms with Crippen LogP contribution in [-0.2, 0) is 10.0 Å². The summed E-state index contributed by atoms with van der Waals surface area (Å²) < 4.78 is 34.9. The van der Waals surface area contributed by atoms with Crippen molar-refractivity contribution in [1.82, 2.24) is 9.78 Å². The SMILES string of the molecule is CCOc1ccc(NS(=O)(=O)c2ccc(N=Cc3c(C)[nH]n(-c4ccc(C)cc4C)c3=O)cc2)cc1. The van der Waals surface area contributed by atoms with Crippen molar-refractivity contribution in [2.24, 2.45) is 4.99 Å². The van der Waals surface area contributed by atoms with Gasteiger partial charge in [0.25, 0.3) is 15.6 Å². The molecule has 36 heavy (non-hydrogen) atoms. The lowest BCUT2D eigenvalue weighted by atomic mass is 10.1. The minimum Gasteiger partial charge on any atom is -0.494 e. The lowest BCUT2D eigenvalue weighted by Gasteiger charge is -2.09. The molecule has 8 nitrogen and oxygen atoms in total. The van der Waals surface area contributed by atoms with E-state index >= 15 is 0 Å². The maximum atomic E-state index is 13.0. The molecule has 0 atom stereocenters. The molecule has 0 spiro atoms. The fraction of sp³-hybridized carbons (Fsp3) is 0.185. The molecular formula is C27H28N4O4S. The van der Waals surface area contributed by atoms with Crippen LogP contribution in [0.2, 0.25) is 0 Å². The van der Waals surface area contributed by atoms with E-state index < -0.39 is 10.0 Å². The van der Waals surface area contributed by atoms with E-state index in [2.05, 4.69) is 14.8 Å². The number of nitrogens with zero attached hydrogens (tertiary/aromatic N) is 2. The van der Waals surface area contributed by atoms with Crippen LogP contribution in [0.5, 0.6) is 5.75 Å². The van der Waals surface area contributed by atoms with Crippen molar-refractivity contribution in [2.45, 2.75) is 32.6 Å². The van der Waals surface area contributed by atoms with Crippen molar-refractivity contribution in [2.75, 3.05) is 11.3 Å². The minimum absolute atomic E-state index is 0.102. The van der Waals surface area contributed by atoms with Gasteiger partial charge in [0.1, 0.15) is 5.75 Å². The van der Waals surface area contributed by atoms with Crippen LogP contribution in [0.15, 0.2) is 81.4 Å². The number of nitrogens with one attached hydrogen (secondary N) is 2. The van der Waals surface area contributed by atoms with E-state index in [1.54, 1.807) is 36.4 Å². The quantitative estimate of drug-likeness (QED) is 0.328. The Morgan fingerprint density at radius 2 is 1.69 bits per heavy atom. The third kappa shape index (κ3) is 5.41. The van der Waals surface area contributed by atoms with Crippen molar-refractivity contribution >= 4 is 27.6 Å². The average Bonchev–Trinajstić information content (AvgIpc) is 3.12. The third-order valence-corrected chi connectivity index (χ3v) is 7.01. The number of anilines is 1. The predicted molar refractivity (Wildman–Crippen MR) is 143 cm³/mol. The highest BCUT2D eigenvalue weighted by Crippen LogP contribution is 2.22. The first-order chi connectivity index (χ1) is 17.2. The van der Waals surface area contributed by atoms with Crippen LogP contribution in [0.3, 0.4) is 0 Å². The van der Waals surface area contributed by atoms with Gasteiger partial charge in [-0.2, -0.15) is 0 Å².